The largest absolute Gasteiger partial charge is 0.493 e. The highest BCUT2D eigenvalue weighted by Gasteiger charge is 2.21. The van der Waals surface area contributed by atoms with Gasteiger partial charge in [-0.15, -0.1) is 0 Å². The summed E-state index contributed by atoms with van der Waals surface area (Å²) in [7, 11) is 0. The third kappa shape index (κ3) is 2.71. The van der Waals surface area contributed by atoms with E-state index in [0.29, 0.717) is 18.2 Å². The Morgan fingerprint density at radius 2 is 2.10 bits per heavy atom. The molecule has 0 saturated heterocycles. The fourth-order valence-corrected chi connectivity index (χ4v) is 3.00. The quantitative estimate of drug-likeness (QED) is 0.783. The van der Waals surface area contributed by atoms with E-state index < -0.39 is 0 Å². The number of hydrogen-bond donors (Lipinski definition) is 0. The number of aldehydes is 1. The third-order valence-electron chi connectivity index (χ3n) is 4.03. The summed E-state index contributed by atoms with van der Waals surface area (Å²) >= 11 is 0. The topological polar surface area (TPSA) is 44.1 Å². The summed E-state index contributed by atoms with van der Waals surface area (Å²) in [5.41, 5.74) is 2.24. The van der Waals surface area contributed by atoms with E-state index in [4.69, 9.17) is 4.74 Å². The molecule has 110 valence electrons. The molecular formula is C17H20N2O2. The summed E-state index contributed by atoms with van der Waals surface area (Å²) in [5, 5.41) is 4.68. The third-order valence-corrected chi connectivity index (χ3v) is 4.03. The van der Waals surface area contributed by atoms with Gasteiger partial charge in [0.25, 0.3) is 0 Å². The van der Waals surface area contributed by atoms with Gasteiger partial charge in [-0.2, -0.15) is 5.10 Å². The zero-order chi connectivity index (χ0) is 14.7. The lowest BCUT2D eigenvalue weighted by Crippen LogP contribution is -2.05. The summed E-state index contributed by atoms with van der Waals surface area (Å²) in [6.45, 7) is 2.55. The minimum Gasteiger partial charge on any atom is -0.493 e. The molecule has 0 amide bonds. The molecule has 0 spiro atoms. The van der Waals surface area contributed by atoms with Crippen molar-refractivity contribution in [3.8, 4) is 17.0 Å². The average Bonchev–Trinajstić information content (AvgIpc) is 3.17. The normalized spacial score (nSPS) is 15.3. The molecule has 0 N–H and O–H groups in total. The Morgan fingerprint density at radius 1 is 1.33 bits per heavy atom. The monoisotopic (exact) mass is 284 g/mol. The molecule has 1 aromatic carbocycles. The number of carbonyl (C=O) groups excluding carboxylic acids is 1. The van der Waals surface area contributed by atoms with Crippen molar-refractivity contribution in [2.24, 2.45) is 0 Å². The number of ether oxygens (including phenoxy) is 1. The SMILES string of the molecule is CCOc1ccccc1-c1nn(C2CCCC2)cc1C=O. The van der Waals surface area contributed by atoms with Gasteiger partial charge in [0.05, 0.1) is 18.2 Å². The first-order valence-electron chi connectivity index (χ1n) is 7.60. The molecule has 0 radical (unpaired) electrons. The highest BCUT2D eigenvalue weighted by molar-refractivity contribution is 5.87. The van der Waals surface area contributed by atoms with Crippen molar-refractivity contribution in [1.82, 2.24) is 9.78 Å². The summed E-state index contributed by atoms with van der Waals surface area (Å²) in [6, 6.07) is 8.18. The highest BCUT2D eigenvalue weighted by Crippen LogP contribution is 2.34. The number of nitrogens with zero attached hydrogens (tertiary/aromatic N) is 2. The van der Waals surface area contributed by atoms with Gasteiger partial charge < -0.3 is 4.74 Å². The van der Waals surface area contributed by atoms with Crippen molar-refractivity contribution in [2.75, 3.05) is 6.61 Å². The van der Waals surface area contributed by atoms with Crippen molar-refractivity contribution in [3.05, 3.63) is 36.0 Å². The molecule has 1 aliphatic rings. The smallest absolute Gasteiger partial charge is 0.153 e. The molecule has 1 heterocycles. The molecule has 0 aliphatic heterocycles. The van der Waals surface area contributed by atoms with Crippen LogP contribution in [0.2, 0.25) is 0 Å². The first-order valence-corrected chi connectivity index (χ1v) is 7.60. The second kappa shape index (κ2) is 6.12. The van der Waals surface area contributed by atoms with Crippen LogP contribution >= 0.6 is 0 Å². The van der Waals surface area contributed by atoms with Crippen LogP contribution in [0.15, 0.2) is 30.5 Å². The number of hydrogen-bond acceptors (Lipinski definition) is 3. The van der Waals surface area contributed by atoms with Gasteiger partial charge in [-0.1, -0.05) is 25.0 Å². The molecule has 2 aromatic rings. The van der Waals surface area contributed by atoms with Crippen molar-refractivity contribution in [2.45, 2.75) is 38.6 Å². The van der Waals surface area contributed by atoms with Gasteiger partial charge in [0.15, 0.2) is 6.29 Å². The van der Waals surface area contributed by atoms with Crippen LogP contribution in [0.3, 0.4) is 0 Å². The molecule has 4 heteroatoms. The van der Waals surface area contributed by atoms with Crippen LogP contribution in [0, 0.1) is 0 Å². The second-order valence-corrected chi connectivity index (χ2v) is 5.40. The van der Waals surface area contributed by atoms with Crippen LogP contribution in [0.5, 0.6) is 5.75 Å². The summed E-state index contributed by atoms with van der Waals surface area (Å²) < 4.78 is 7.63. The lowest BCUT2D eigenvalue weighted by Gasteiger charge is -2.10. The van der Waals surface area contributed by atoms with E-state index in [9.17, 15) is 4.79 Å². The molecule has 1 aromatic heterocycles. The van der Waals surface area contributed by atoms with Crippen LogP contribution in [0.25, 0.3) is 11.3 Å². The van der Waals surface area contributed by atoms with E-state index in [1.807, 2.05) is 42.1 Å². The Balaban J connectivity index is 2.03. The molecule has 0 bridgehead atoms. The minimum atomic E-state index is 0.428. The molecular weight excluding hydrogens is 264 g/mol. The molecule has 1 saturated carbocycles. The van der Waals surface area contributed by atoms with Gasteiger partial charge in [0, 0.05) is 11.8 Å². The Hall–Kier alpha value is -2.10. The van der Waals surface area contributed by atoms with E-state index in [2.05, 4.69) is 5.10 Å². The van der Waals surface area contributed by atoms with Crippen LogP contribution < -0.4 is 4.74 Å². The number of aromatic nitrogens is 2. The molecule has 21 heavy (non-hydrogen) atoms. The Kier molecular flexibility index (Phi) is 4.04. The average molecular weight is 284 g/mol. The van der Waals surface area contributed by atoms with Gasteiger partial charge >= 0.3 is 0 Å². The predicted molar refractivity (Wildman–Crippen MR) is 81.7 cm³/mol. The lowest BCUT2D eigenvalue weighted by molar-refractivity contribution is 0.112. The fraction of sp³-hybridized carbons (Fsp3) is 0.412. The summed E-state index contributed by atoms with van der Waals surface area (Å²) in [5.74, 6) is 0.778. The van der Waals surface area contributed by atoms with E-state index in [0.717, 1.165) is 36.1 Å². The standard InChI is InChI=1S/C17H20N2O2/c1-2-21-16-10-6-5-9-15(16)17-13(12-20)11-19(18-17)14-7-3-4-8-14/h5-6,9-12,14H,2-4,7-8H2,1H3. The fourth-order valence-electron chi connectivity index (χ4n) is 3.00. The zero-order valence-corrected chi connectivity index (χ0v) is 12.3. The first kappa shape index (κ1) is 13.9. The summed E-state index contributed by atoms with van der Waals surface area (Å²) in [6.07, 6.45) is 7.54. The van der Waals surface area contributed by atoms with E-state index in [1.54, 1.807) is 0 Å². The number of rotatable bonds is 5. The maximum Gasteiger partial charge on any atom is 0.153 e. The van der Waals surface area contributed by atoms with Crippen molar-refractivity contribution in [3.63, 3.8) is 0 Å². The van der Waals surface area contributed by atoms with Gasteiger partial charge in [-0.3, -0.25) is 9.48 Å². The number of carbonyl (C=O) groups is 1. The van der Waals surface area contributed by atoms with Crippen LogP contribution in [-0.2, 0) is 0 Å². The number of benzene rings is 1. The zero-order valence-electron chi connectivity index (χ0n) is 12.3. The molecule has 1 aliphatic carbocycles. The first-order chi connectivity index (χ1) is 10.3. The molecule has 0 unspecified atom stereocenters. The second-order valence-electron chi connectivity index (χ2n) is 5.40. The highest BCUT2D eigenvalue weighted by atomic mass is 16.5. The Bertz CT molecular complexity index is 627. The van der Waals surface area contributed by atoms with Crippen LogP contribution in [0.4, 0.5) is 0 Å². The van der Waals surface area contributed by atoms with Gasteiger partial charge in [0.2, 0.25) is 0 Å². The Morgan fingerprint density at radius 3 is 2.81 bits per heavy atom. The minimum absolute atomic E-state index is 0.428. The van der Waals surface area contributed by atoms with Gasteiger partial charge in [-0.25, -0.2) is 0 Å². The van der Waals surface area contributed by atoms with E-state index >= 15 is 0 Å². The van der Waals surface area contributed by atoms with Crippen molar-refractivity contribution >= 4 is 6.29 Å². The number of para-hydroxylation sites is 1. The predicted octanol–water partition coefficient (Wildman–Crippen LogP) is 3.88. The van der Waals surface area contributed by atoms with E-state index in [1.165, 1.54) is 12.8 Å². The molecule has 0 atom stereocenters. The van der Waals surface area contributed by atoms with E-state index in [-0.39, 0.29) is 0 Å². The van der Waals surface area contributed by atoms with Crippen molar-refractivity contribution in [1.29, 1.82) is 0 Å². The maximum absolute atomic E-state index is 11.4. The lowest BCUT2D eigenvalue weighted by atomic mass is 10.1. The van der Waals surface area contributed by atoms with Gasteiger partial charge in [0.1, 0.15) is 11.4 Å². The molecule has 4 nitrogen and oxygen atoms in total. The Labute approximate surface area is 124 Å². The van der Waals surface area contributed by atoms with Crippen molar-refractivity contribution < 1.29 is 9.53 Å². The molecule has 3 rings (SSSR count). The molecule has 1 fully saturated rings. The maximum atomic E-state index is 11.4. The van der Waals surface area contributed by atoms with Crippen LogP contribution in [-0.4, -0.2) is 22.7 Å². The summed E-state index contributed by atoms with van der Waals surface area (Å²) in [4.78, 5) is 11.4. The van der Waals surface area contributed by atoms with Gasteiger partial charge in [-0.05, 0) is 31.9 Å². The van der Waals surface area contributed by atoms with Crippen LogP contribution in [0.1, 0.15) is 49.0 Å².